The molecule has 3 nitrogen and oxygen atoms in total. The second kappa shape index (κ2) is 3.60. The van der Waals surface area contributed by atoms with Gasteiger partial charge in [0.1, 0.15) is 12.0 Å². The first-order valence-electron chi connectivity index (χ1n) is 2.24. The van der Waals surface area contributed by atoms with Gasteiger partial charge >= 0.3 is 0 Å². The summed E-state index contributed by atoms with van der Waals surface area (Å²) < 4.78 is 0. The van der Waals surface area contributed by atoms with Crippen LogP contribution in [0.5, 0.6) is 0 Å². The van der Waals surface area contributed by atoms with E-state index in [1.807, 2.05) is 0 Å². The van der Waals surface area contributed by atoms with E-state index in [0.29, 0.717) is 6.26 Å². The Balaban J connectivity index is 4.31. The molecule has 48 valence electrons. The maximum atomic E-state index is 10.5. The molecule has 0 spiro atoms. The number of aliphatic hydroxyl groups is 1. The van der Waals surface area contributed by atoms with Crippen LogP contribution in [0.25, 0.3) is 0 Å². The Bertz CT molecular complexity index is 170. The Kier molecular flexibility index (Phi) is 3.05. The lowest BCUT2D eigenvalue weighted by atomic mass is 10.3. The van der Waals surface area contributed by atoms with Crippen LogP contribution >= 0.6 is 0 Å². The summed E-state index contributed by atoms with van der Waals surface area (Å²) in [6, 6.07) is 0. The van der Waals surface area contributed by atoms with Crippen LogP contribution in [-0.2, 0) is 4.79 Å². The fraction of sp³-hybridized carbons (Fsp3) is 0. The third-order valence-corrected chi connectivity index (χ3v) is 0.730. The molecular weight excluding hydrogens is 118 g/mol. The molecule has 0 saturated heterocycles. The Labute approximate surface area is 53.0 Å². The van der Waals surface area contributed by atoms with E-state index in [4.69, 9.17) is 5.11 Å². The Morgan fingerprint density at radius 1 is 1.67 bits per heavy atom. The highest BCUT2D eigenvalue weighted by atomic mass is 16.2. The molecule has 0 aromatic carbocycles. The number of aliphatic imine (C=N–C) groups is 1. The zero-order valence-corrected chi connectivity index (χ0v) is 4.87. The van der Waals surface area contributed by atoms with E-state index >= 15 is 0 Å². The second-order valence-corrected chi connectivity index (χ2v) is 1.24. The van der Waals surface area contributed by atoms with Crippen molar-refractivity contribution in [3.05, 3.63) is 24.6 Å². The number of ketones is 1. The van der Waals surface area contributed by atoms with Gasteiger partial charge in [0.05, 0.1) is 0 Å². The standard InChI is InChI=1S/C6H7NO2/c1-3-6(9)5(4-8)7-2/h3-4,8H,1-2H2/b5-4-. The first kappa shape index (κ1) is 7.62. The van der Waals surface area contributed by atoms with E-state index in [2.05, 4.69) is 18.3 Å². The van der Waals surface area contributed by atoms with E-state index in [9.17, 15) is 4.79 Å². The lowest BCUT2D eigenvalue weighted by molar-refractivity contribution is -0.111. The summed E-state index contributed by atoms with van der Waals surface area (Å²) in [5.74, 6) is -0.437. The molecule has 0 aliphatic heterocycles. The van der Waals surface area contributed by atoms with Gasteiger partial charge < -0.3 is 5.11 Å². The van der Waals surface area contributed by atoms with E-state index in [0.717, 1.165) is 6.08 Å². The third-order valence-electron chi connectivity index (χ3n) is 0.730. The zero-order chi connectivity index (χ0) is 7.28. The predicted molar refractivity (Wildman–Crippen MR) is 35.5 cm³/mol. The van der Waals surface area contributed by atoms with Gasteiger partial charge in [0, 0.05) is 0 Å². The molecule has 0 aliphatic rings. The molecule has 0 unspecified atom stereocenters. The average molecular weight is 125 g/mol. The lowest BCUT2D eigenvalue weighted by Crippen LogP contribution is -1.93. The quantitative estimate of drug-likeness (QED) is 0.345. The van der Waals surface area contributed by atoms with Crippen LogP contribution in [0.2, 0.25) is 0 Å². The van der Waals surface area contributed by atoms with Crippen LogP contribution in [0.4, 0.5) is 0 Å². The Morgan fingerprint density at radius 2 is 2.22 bits per heavy atom. The van der Waals surface area contributed by atoms with Gasteiger partial charge in [-0.1, -0.05) is 6.58 Å². The fourth-order valence-corrected chi connectivity index (χ4v) is 0.287. The number of carbonyl (C=O) groups is 1. The van der Waals surface area contributed by atoms with Gasteiger partial charge in [-0.25, -0.2) is 0 Å². The van der Waals surface area contributed by atoms with E-state index < -0.39 is 5.78 Å². The molecule has 3 heteroatoms. The molecule has 1 N–H and O–H groups in total. The van der Waals surface area contributed by atoms with Crippen LogP contribution in [0, 0.1) is 0 Å². The average Bonchev–Trinajstić information content (AvgIpc) is 1.90. The largest absolute Gasteiger partial charge is 0.513 e. The molecule has 0 saturated carbocycles. The van der Waals surface area contributed by atoms with Crippen LogP contribution in [0.3, 0.4) is 0 Å². The minimum atomic E-state index is -0.437. The molecule has 0 aliphatic carbocycles. The number of carbonyl (C=O) groups excluding carboxylic acids is 1. The summed E-state index contributed by atoms with van der Waals surface area (Å²) in [7, 11) is 0. The lowest BCUT2D eigenvalue weighted by Gasteiger charge is -1.88. The highest BCUT2D eigenvalue weighted by Gasteiger charge is 1.99. The van der Waals surface area contributed by atoms with E-state index in [-0.39, 0.29) is 5.70 Å². The molecule has 0 atom stereocenters. The summed E-state index contributed by atoms with van der Waals surface area (Å²) in [5, 5.41) is 8.26. The van der Waals surface area contributed by atoms with Crippen molar-refractivity contribution in [2.75, 3.05) is 0 Å². The summed E-state index contributed by atoms with van der Waals surface area (Å²) in [5.41, 5.74) is -0.0926. The van der Waals surface area contributed by atoms with Crippen molar-refractivity contribution in [3.8, 4) is 0 Å². The van der Waals surface area contributed by atoms with Crippen molar-refractivity contribution in [2.24, 2.45) is 4.99 Å². The van der Waals surface area contributed by atoms with Gasteiger partial charge in [-0.3, -0.25) is 9.79 Å². The molecule has 0 fully saturated rings. The highest BCUT2D eigenvalue weighted by molar-refractivity contribution is 6.03. The van der Waals surface area contributed by atoms with E-state index in [1.54, 1.807) is 0 Å². The first-order chi connectivity index (χ1) is 4.26. The minimum Gasteiger partial charge on any atom is -0.513 e. The summed E-state index contributed by atoms with van der Waals surface area (Å²) in [6.45, 7) is 6.24. The minimum absolute atomic E-state index is 0.0926. The predicted octanol–water partition coefficient (Wildman–Crippen LogP) is 0.841. The van der Waals surface area contributed by atoms with Crippen LogP contribution in [-0.4, -0.2) is 17.6 Å². The number of nitrogens with zero attached hydrogens (tertiary/aromatic N) is 1. The topological polar surface area (TPSA) is 49.7 Å². The van der Waals surface area contributed by atoms with Gasteiger partial charge in [-0.05, 0) is 12.8 Å². The van der Waals surface area contributed by atoms with Crippen LogP contribution in [0.15, 0.2) is 29.6 Å². The highest BCUT2D eigenvalue weighted by Crippen LogP contribution is 1.94. The van der Waals surface area contributed by atoms with Crippen LogP contribution < -0.4 is 0 Å². The maximum Gasteiger partial charge on any atom is 0.206 e. The fourth-order valence-electron chi connectivity index (χ4n) is 0.287. The van der Waals surface area contributed by atoms with Crippen molar-refractivity contribution in [2.45, 2.75) is 0 Å². The smallest absolute Gasteiger partial charge is 0.206 e. The van der Waals surface area contributed by atoms with E-state index in [1.165, 1.54) is 0 Å². The Morgan fingerprint density at radius 3 is 2.33 bits per heavy atom. The molecule has 0 aromatic heterocycles. The van der Waals surface area contributed by atoms with Crippen molar-refractivity contribution in [1.82, 2.24) is 0 Å². The molecule has 0 heterocycles. The Hall–Kier alpha value is -1.38. The first-order valence-corrected chi connectivity index (χ1v) is 2.24. The van der Waals surface area contributed by atoms with Crippen molar-refractivity contribution < 1.29 is 9.90 Å². The third kappa shape index (κ3) is 1.90. The van der Waals surface area contributed by atoms with Gasteiger partial charge in [-0.15, -0.1) is 0 Å². The van der Waals surface area contributed by atoms with Crippen molar-refractivity contribution in [3.63, 3.8) is 0 Å². The SMILES string of the molecule is C=CC(=O)/C(=C/O)N=C. The number of rotatable bonds is 3. The van der Waals surface area contributed by atoms with Gasteiger partial charge in [0.25, 0.3) is 0 Å². The molecule has 0 bridgehead atoms. The molecule has 0 aromatic rings. The number of aliphatic hydroxyl groups excluding tert-OH is 1. The van der Waals surface area contributed by atoms with Gasteiger partial charge in [0.2, 0.25) is 5.78 Å². The summed E-state index contributed by atoms with van der Waals surface area (Å²) in [6.07, 6.45) is 1.65. The van der Waals surface area contributed by atoms with Crippen molar-refractivity contribution >= 4 is 12.5 Å². The molecular formula is C6H7NO2. The second-order valence-electron chi connectivity index (χ2n) is 1.24. The number of hydrogen-bond donors (Lipinski definition) is 1. The molecule has 0 rings (SSSR count). The summed E-state index contributed by atoms with van der Waals surface area (Å²) >= 11 is 0. The number of allylic oxidation sites excluding steroid dienone is 1. The zero-order valence-electron chi connectivity index (χ0n) is 4.87. The van der Waals surface area contributed by atoms with Gasteiger partial charge in [0.15, 0.2) is 0 Å². The van der Waals surface area contributed by atoms with Crippen LogP contribution in [0.1, 0.15) is 0 Å². The normalized spacial score (nSPS) is 10.4. The maximum absolute atomic E-state index is 10.5. The van der Waals surface area contributed by atoms with Crippen molar-refractivity contribution in [1.29, 1.82) is 0 Å². The molecule has 0 amide bonds. The molecule has 9 heavy (non-hydrogen) atoms. The van der Waals surface area contributed by atoms with Gasteiger partial charge in [-0.2, -0.15) is 0 Å². The molecule has 0 radical (unpaired) electrons. The monoisotopic (exact) mass is 125 g/mol. The number of hydrogen-bond acceptors (Lipinski definition) is 3. The summed E-state index contributed by atoms with van der Waals surface area (Å²) in [4.78, 5) is 13.7.